The third-order valence-corrected chi connectivity index (χ3v) is 3.34. The standard InChI is InChI=1S/C14H18ClFN2O3/c1-3-9(2)18(8-14(20)21)7-13(19)17-12-5-4-10(15)6-11(12)16/h4-6,9H,3,7-8H2,1-2H3,(H,17,19)(H,20,21). The van der Waals surface area contributed by atoms with Gasteiger partial charge in [-0.2, -0.15) is 0 Å². The highest BCUT2D eigenvalue weighted by Crippen LogP contribution is 2.18. The predicted molar refractivity (Wildman–Crippen MR) is 79.0 cm³/mol. The minimum Gasteiger partial charge on any atom is -0.480 e. The number of halogens is 2. The van der Waals surface area contributed by atoms with Crippen LogP contribution < -0.4 is 5.32 Å². The summed E-state index contributed by atoms with van der Waals surface area (Å²) in [5, 5.41) is 11.5. The number of carbonyl (C=O) groups is 2. The molecule has 1 unspecified atom stereocenters. The molecule has 0 aliphatic carbocycles. The molecule has 0 spiro atoms. The van der Waals surface area contributed by atoms with Crippen molar-refractivity contribution in [1.29, 1.82) is 0 Å². The Morgan fingerprint density at radius 1 is 1.43 bits per heavy atom. The molecule has 1 aromatic carbocycles. The van der Waals surface area contributed by atoms with Crippen LogP contribution in [0.15, 0.2) is 18.2 Å². The largest absolute Gasteiger partial charge is 0.480 e. The van der Waals surface area contributed by atoms with E-state index in [1.54, 1.807) is 0 Å². The summed E-state index contributed by atoms with van der Waals surface area (Å²) in [6.45, 7) is 3.37. The van der Waals surface area contributed by atoms with Gasteiger partial charge in [0.2, 0.25) is 5.91 Å². The lowest BCUT2D eigenvalue weighted by Crippen LogP contribution is -2.42. The molecular formula is C14H18ClFN2O3. The topological polar surface area (TPSA) is 69.6 Å². The van der Waals surface area contributed by atoms with Gasteiger partial charge in [-0.05, 0) is 31.5 Å². The van der Waals surface area contributed by atoms with Crippen LogP contribution >= 0.6 is 11.6 Å². The minimum atomic E-state index is -1.01. The molecule has 1 aromatic rings. The van der Waals surface area contributed by atoms with Gasteiger partial charge in [0, 0.05) is 11.1 Å². The van der Waals surface area contributed by atoms with Gasteiger partial charge in [-0.1, -0.05) is 18.5 Å². The molecule has 0 aliphatic rings. The Morgan fingerprint density at radius 3 is 2.62 bits per heavy atom. The Balaban J connectivity index is 2.71. The highest BCUT2D eigenvalue weighted by Gasteiger charge is 2.19. The van der Waals surface area contributed by atoms with Gasteiger partial charge in [0.05, 0.1) is 18.8 Å². The number of hydrogen-bond acceptors (Lipinski definition) is 3. The maximum Gasteiger partial charge on any atom is 0.317 e. The number of nitrogens with one attached hydrogen (secondary N) is 1. The first kappa shape index (κ1) is 17.4. The smallest absolute Gasteiger partial charge is 0.317 e. The number of carbonyl (C=O) groups excluding carboxylic acids is 1. The SMILES string of the molecule is CCC(C)N(CC(=O)O)CC(=O)Nc1ccc(Cl)cc1F. The quantitative estimate of drug-likeness (QED) is 0.811. The molecule has 0 bridgehead atoms. The molecule has 0 aromatic heterocycles. The number of aliphatic carboxylic acids is 1. The van der Waals surface area contributed by atoms with Gasteiger partial charge < -0.3 is 10.4 Å². The number of benzene rings is 1. The van der Waals surface area contributed by atoms with E-state index in [2.05, 4.69) is 5.32 Å². The van der Waals surface area contributed by atoms with Crippen LogP contribution in [0, 0.1) is 5.82 Å². The van der Waals surface area contributed by atoms with E-state index >= 15 is 0 Å². The van der Waals surface area contributed by atoms with Crippen molar-refractivity contribution in [1.82, 2.24) is 4.90 Å². The molecule has 0 radical (unpaired) electrons. The van der Waals surface area contributed by atoms with Gasteiger partial charge in [0.1, 0.15) is 5.82 Å². The molecule has 1 atom stereocenters. The van der Waals surface area contributed by atoms with Crippen LogP contribution in [0.4, 0.5) is 10.1 Å². The lowest BCUT2D eigenvalue weighted by atomic mass is 10.2. The first-order valence-corrected chi connectivity index (χ1v) is 6.92. The van der Waals surface area contributed by atoms with Gasteiger partial charge in [0.25, 0.3) is 0 Å². The summed E-state index contributed by atoms with van der Waals surface area (Å²) >= 11 is 5.63. The Hall–Kier alpha value is -1.66. The molecule has 0 saturated heterocycles. The highest BCUT2D eigenvalue weighted by molar-refractivity contribution is 6.30. The zero-order valence-corrected chi connectivity index (χ0v) is 12.7. The van der Waals surface area contributed by atoms with Gasteiger partial charge in [-0.15, -0.1) is 0 Å². The number of amides is 1. The number of nitrogens with zero attached hydrogens (tertiary/aromatic N) is 1. The van der Waals surface area contributed by atoms with Crippen molar-refractivity contribution >= 4 is 29.2 Å². The van der Waals surface area contributed by atoms with E-state index in [-0.39, 0.29) is 29.8 Å². The van der Waals surface area contributed by atoms with Crippen molar-refractivity contribution in [3.05, 3.63) is 29.0 Å². The molecular weight excluding hydrogens is 299 g/mol. The average Bonchev–Trinajstić information content (AvgIpc) is 2.39. The summed E-state index contributed by atoms with van der Waals surface area (Å²) in [7, 11) is 0. The lowest BCUT2D eigenvalue weighted by Gasteiger charge is -2.25. The van der Waals surface area contributed by atoms with Crippen LogP contribution in [0.1, 0.15) is 20.3 Å². The fourth-order valence-electron chi connectivity index (χ4n) is 1.76. The third-order valence-electron chi connectivity index (χ3n) is 3.10. The van der Waals surface area contributed by atoms with Crippen molar-refractivity contribution in [3.63, 3.8) is 0 Å². The first-order valence-electron chi connectivity index (χ1n) is 6.54. The van der Waals surface area contributed by atoms with E-state index in [4.69, 9.17) is 16.7 Å². The van der Waals surface area contributed by atoms with Gasteiger partial charge in [-0.25, -0.2) is 4.39 Å². The van der Waals surface area contributed by atoms with E-state index in [0.29, 0.717) is 6.42 Å². The molecule has 0 saturated carbocycles. The third kappa shape index (κ3) is 5.69. The second-order valence-corrected chi connectivity index (χ2v) is 5.16. The number of rotatable bonds is 7. The van der Waals surface area contributed by atoms with Crippen LogP contribution in [-0.4, -0.2) is 41.0 Å². The van der Waals surface area contributed by atoms with E-state index < -0.39 is 17.7 Å². The molecule has 1 amide bonds. The van der Waals surface area contributed by atoms with Crippen LogP contribution in [-0.2, 0) is 9.59 Å². The Bertz CT molecular complexity index is 525. The number of anilines is 1. The molecule has 2 N–H and O–H groups in total. The summed E-state index contributed by atoms with van der Waals surface area (Å²) in [5.74, 6) is -2.12. The van der Waals surface area contributed by atoms with Crippen molar-refractivity contribution in [2.75, 3.05) is 18.4 Å². The van der Waals surface area contributed by atoms with Crippen LogP contribution in [0.25, 0.3) is 0 Å². The summed E-state index contributed by atoms with van der Waals surface area (Å²) in [6, 6.07) is 3.85. The Kier molecular flexibility index (Phi) is 6.58. The van der Waals surface area contributed by atoms with Crippen LogP contribution in [0.5, 0.6) is 0 Å². The van der Waals surface area contributed by atoms with Gasteiger partial charge in [-0.3, -0.25) is 14.5 Å². The molecule has 0 heterocycles. The van der Waals surface area contributed by atoms with Gasteiger partial charge in [0.15, 0.2) is 0 Å². The van der Waals surface area contributed by atoms with Crippen molar-refractivity contribution < 1.29 is 19.1 Å². The lowest BCUT2D eigenvalue weighted by molar-refractivity contribution is -0.139. The molecule has 0 aliphatic heterocycles. The predicted octanol–water partition coefficient (Wildman–Crippen LogP) is 2.60. The van der Waals surface area contributed by atoms with Crippen LogP contribution in [0.3, 0.4) is 0 Å². The molecule has 5 nitrogen and oxygen atoms in total. The Morgan fingerprint density at radius 2 is 2.10 bits per heavy atom. The zero-order valence-electron chi connectivity index (χ0n) is 11.9. The Labute approximate surface area is 127 Å². The maximum atomic E-state index is 13.6. The second kappa shape index (κ2) is 7.95. The molecule has 116 valence electrons. The number of carboxylic acid groups (broad SMARTS) is 1. The normalized spacial score (nSPS) is 12.2. The van der Waals surface area contributed by atoms with Crippen molar-refractivity contribution in [2.24, 2.45) is 0 Å². The van der Waals surface area contributed by atoms with Crippen LogP contribution in [0.2, 0.25) is 5.02 Å². The highest BCUT2D eigenvalue weighted by atomic mass is 35.5. The van der Waals surface area contributed by atoms with Crippen molar-refractivity contribution in [3.8, 4) is 0 Å². The molecule has 21 heavy (non-hydrogen) atoms. The van der Waals surface area contributed by atoms with E-state index in [0.717, 1.165) is 6.07 Å². The average molecular weight is 317 g/mol. The summed E-state index contributed by atoms with van der Waals surface area (Å²) in [4.78, 5) is 24.2. The second-order valence-electron chi connectivity index (χ2n) is 4.73. The van der Waals surface area contributed by atoms with Crippen molar-refractivity contribution in [2.45, 2.75) is 26.3 Å². The minimum absolute atomic E-state index is 0.0174. The number of carboxylic acids is 1. The van der Waals surface area contributed by atoms with E-state index in [1.165, 1.54) is 17.0 Å². The zero-order chi connectivity index (χ0) is 16.0. The molecule has 1 rings (SSSR count). The summed E-state index contributed by atoms with van der Waals surface area (Å²) < 4.78 is 13.6. The number of hydrogen-bond donors (Lipinski definition) is 2. The van der Waals surface area contributed by atoms with Gasteiger partial charge >= 0.3 is 5.97 Å². The monoisotopic (exact) mass is 316 g/mol. The first-order chi connectivity index (χ1) is 9.83. The summed E-state index contributed by atoms with van der Waals surface area (Å²) in [6.07, 6.45) is 0.704. The fraction of sp³-hybridized carbons (Fsp3) is 0.429. The van der Waals surface area contributed by atoms with E-state index in [9.17, 15) is 14.0 Å². The maximum absolute atomic E-state index is 13.6. The molecule has 7 heteroatoms. The summed E-state index contributed by atoms with van der Waals surface area (Å²) in [5.41, 5.74) is 0.0174. The fourth-order valence-corrected chi connectivity index (χ4v) is 1.92. The van der Waals surface area contributed by atoms with E-state index in [1.807, 2.05) is 13.8 Å². The molecule has 0 fully saturated rings.